The molecule has 0 radical (unpaired) electrons. The highest BCUT2D eigenvalue weighted by Crippen LogP contribution is 2.31. The number of aliphatic imine (C=N–C) groups is 1. The van der Waals surface area contributed by atoms with E-state index in [1.165, 1.54) is 11.4 Å². The van der Waals surface area contributed by atoms with Crippen molar-refractivity contribution in [2.45, 2.75) is 0 Å². The quantitative estimate of drug-likeness (QED) is 0.352. The Morgan fingerprint density at radius 1 is 0.788 bits per heavy atom. The number of guanidine groups is 1. The normalized spacial score (nSPS) is 13.8. The Morgan fingerprint density at radius 3 is 2.06 bits per heavy atom. The van der Waals surface area contributed by atoms with Crippen molar-refractivity contribution in [3.05, 3.63) is 77.8 Å². The van der Waals surface area contributed by atoms with Crippen LogP contribution in [0.1, 0.15) is 0 Å². The van der Waals surface area contributed by atoms with Gasteiger partial charge in [-0.05, 0) is 42.5 Å². The summed E-state index contributed by atoms with van der Waals surface area (Å²) in [5, 5.41) is 1.47. The molecule has 1 aromatic heterocycles. The number of nitrogens with two attached hydrogens (primary N) is 2. The standard InChI is InChI=1S/C25H24ClN7/c26-18-8-11-22-21(16-18)23(30-25(29-22)31-24(27)28)17-6-9-20(10-7-17)33-14-12-32(13-15-33)19-4-2-1-3-5-19/h1-11,16H,12-15H2,(H4,27,28,29,30,31). The van der Waals surface area contributed by atoms with E-state index < -0.39 is 0 Å². The molecular weight excluding hydrogens is 434 g/mol. The summed E-state index contributed by atoms with van der Waals surface area (Å²) in [6.07, 6.45) is 0. The van der Waals surface area contributed by atoms with Gasteiger partial charge in [-0.1, -0.05) is 41.9 Å². The van der Waals surface area contributed by atoms with Gasteiger partial charge in [0, 0.05) is 53.5 Å². The number of anilines is 2. The highest BCUT2D eigenvalue weighted by molar-refractivity contribution is 6.31. The average molecular weight is 458 g/mol. The van der Waals surface area contributed by atoms with E-state index in [0.29, 0.717) is 5.02 Å². The van der Waals surface area contributed by atoms with E-state index >= 15 is 0 Å². The average Bonchev–Trinajstić information content (AvgIpc) is 2.84. The van der Waals surface area contributed by atoms with E-state index in [1.54, 1.807) is 6.07 Å². The van der Waals surface area contributed by atoms with Crippen LogP contribution in [0.25, 0.3) is 22.2 Å². The maximum atomic E-state index is 6.25. The number of hydrogen-bond donors (Lipinski definition) is 2. The Balaban J connectivity index is 1.41. The fraction of sp³-hybridized carbons (Fsp3) is 0.160. The van der Waals surface area contributed by atoms with Crippen LogP contribution in [0.3, 0.4) is 0 Å². The van der Waals surface area contributed by atoms with Crippen molar-refractivity contribution in [1.82, 2.24) is 9.97 Å². The fourth-order valence-electron chi connectivity index (χ4n) is 4.17. The van der Waals surface area contributed by atoms with Crippen LogP contribution in [0.15, 0.2) is 77.8 Å². The molecule has 2 heterocycles. The molecule has 0 amide bonds. The molecule has 7 nitrogen and oxygen atoms in total. The predicted octanol–water partition coefficient (Wildman–Crippen LogP) is 4.18. The third-order valence-electron chi connectivity index (χ3n) is 5.78. The van der Waals surface area contributed by atoms with Gasteiger partial charge in [0.05, 0.1) is 11.2 Å². The van der Waals surface area contributed by atoms with E-state index in [1.807, 2.05) is 12.1 Å². The third kappa shape index (κ3) is 4.54. The first-order valence-corrected chi connectivity index (χ1v) is 11.2. The maximum Gasteiger partial charge on any atom is 0.253 e. The molecule has 4 N–H and O–H groups in total. The van der Waals surface area contributed by atoms with Crippen LogP contribution in [-0.4, -0.2) is 42.1 Å². The summed E-state index contributed by atoms with van der Waals surface area (Å²) in [5.41, 5.74) is 16.0. The second-order valence-corrected chi connectivity index (χ2v) is 8.36. The highest BCUT2D eigenvalue weighted by Gasteiger charge is 2.18. The van der Waals surface area contributed by atoms with Gasteiger partial charge in [-0.15, -0.1) is 0 Å². The number of piperazine rings is 1. The molecule has 4 aromatic rings. The van der Waals surface area contributed by atoms with Crippen LogP contribution < -0.4 is 21.3 Å². The van der Waals surface area contributed by atoms with E-state index in [2.05, 4.69) is 79.4 Å². The molecule has 1 fully saturated rings. The Morgan fingerprint density at radius 2 is 1.42 bits per heavy atom. The summed E-state index contributed by atoms with van der Waals surface area (Å²) in [4.78, 5) is 17.9. The number of aromatic nitrogens is 2. The maximum absolute atomic E-state index is 6.25. The van der Waals surface area contributed by atoms with Crippen molar-refractivity contribution in [1.29, 1.82) is 0 Å². The number of hydrogen-bond acceptors (Lipinski definition) is 5. The van der Waals surface area contributed by atoms with Gasteiger partial charge < -0.3 is 21.3 Å². The summed E-state index contributed by atoms with van der Waals surface area (Å²) >= 11 is 6.25. The molecule has 0 unspecified atom stereocenters. The third-order valence-corrected chi connectivity index (χ3v) is 6.02. The van der Waals surface area contributed by atoms with E-state index in [9.17, 15) is 0 Å². The van der Waals surface area contributed by atoms with E-state index in [-0.39, 0.29) is 11.9 Å². The first kappa shape index (κ1) is 21.0. The number of halogens is 1. The molecule has 5 rings (SSSR count). The minimum Gasteiger partial charge on any atom is -0.370 e. The molecule has 0 bridgehead atoms. The SMILES string of the molecule is NC(N)=Nc1nc(-c2ccc(N3CCN(c4ccccc4)CC3)cc2)c2cc(Cl)ccc2n1. The van der Waals surface area contributed by atoms with Gasteiger partial charge in [-0.25, -0.2) is 9.97 Å². The second-order valence-electron chi connectivity index (χ2n) is 7.93. The van der Waals surface area contributed by atoms with Crippen LogP contribution in [0.2, 0.25) is 5.02 Å². The van der Waals surface area contributed by atoms with Crippen molar-refractivity contribution in [3.63, 3.8) is 0 Å². The number of nitrogens with zero attached hydrogens (tertiary/aromatic N) is 5. The summed E-state index contributed by atoms with van der Waals surface area (Å²) in [5.74, 6) is 0.139. The summed E-state index contributed by atoms with van der Waals surface area (Å²) in [6, 6.07) is 24.5. The minimum absolute atomic E-state index is 0.0840. The summed E-state index contributed by atoms with van der Waals surface area (Å²) in [6.45, 7) is 3.91. The Kier molecular flexibility index (Phi) is 5.71. The second kappa shape index (κ2) is 8.96. The molecule has 166 valence electrons. The van der Waals surface area contributed by atoms with Gasteiger partial charge in [-0.2, -0.15) is 4.99 Å². The zero-order valence-corrected chi connectivity index (χ0v) is 18.8. The summed E-state index contributed by atoms with van der Waals surface area (Å²) < 4.78 is 0. The van der Waals surface area contributed by atoms with Crippen LogP contribution in [0, 0.1) is 0 Å². The van der Waals surface area contributed by atoms with Gasteiger partial charge in [-0.3, -0.25) is 0 Å². The van der Waals surface area contributed by atoms with E-state index in [0.717, 1.165) is 48.3 Å². The number of rotatable bonds is 4. The Hall–Kier alpha value is -3.84. The molecule has 0 spiro atoms. The first-order chi connectivity index (χ1) is 16.1. The molecule has 1 aliphatic rings. The fourth-order valence-corrected chi connectivity index (χ4v) is 4.34. The molecule has 0 saturated carbocycles. The van der Waals surface area contributed by atoms with Crippen molar-refractivity contribution >= 4 is 45.8 Å². The van der Waals surface area contributed by atoms with Crippen molar-refractivity contribution in [2.24, 2.45) is 16.5 Å². The lowest BCUT2D eigenvalue weighted by Gasteiger charge is -2.37. The number of fused-ring (bicyclic) bond motifs is 1. The zero-order chi connectivity index (χ0) is 22.8. The number of para-hydroxylation sites is 1. The van der Waals surface area contributed by atoms with E-state index in [4.69, 9.17) is 23.1 Å². The zero-order valence-electron chi connectivity index (χ0n) is 18.0. The van der Waals surface area contributed by atoms with Gasteiger partial charge in [0.15, 0.2) is 5.96 Å². The molecule has 33 heavy (non-hydrogen) atoms. The van der Waals surface area contributed by atoms with Crippen LogP contribution >= 0.6 is 11.6 Å². The molecular formula is C25H24ClN7. The molecule has 3 aromatic carbocycles. The Labute approximate surface area is 197 Å². The molecule has 1 aliphatic heterocycles. The molecule has 0 aliphatic carbocycles. The summed E-state index contributed by atoms with van der Waals surface area (Å²) in [7, 11) is 0. The first-order valence-electron chi connectivity index (χ1n) is 10.8. The van der Waals surface area contributed by atoms with Gasteiger partial charge >= 0.3 is 0 Å². The highest BCUT2D eigenvalue weighted by atomic mass is 35.5. The van der Waals surface area contributed by atoms with Crippen molar-refractivity contribution < 1.29 is 0 Å². The molecule has 8 heteroatoms. The van der Waals surface area contributed by atoms with Gasteiger partial charge in [0.2, 0.25) is 0 Å². The van der Waals surface area contributed by atoms with Crippen molar-refractivity contribution in [2.75, 3.05) is 36.0 Å². The monoisotopic (exact) mass is 457 g/mol. The lowest BCUT2D eigenvalue weighted by atomic mass is 10.1. The lowest BCUT2D eigenvalue weighted by molar-refractivity contribution is 0.653. The largest absolute Gasteiger partial charge is 0.370 e. The Bertz CT molecular complexity index is 1290. The predicted molar refractivity (Wildman–Crippen MR) is 136 cm³/mol. The molecule has 1 saturated heterocycles. The van der Waals surface area contributed by atoms with Crippen LogP contribution in [-0.2, 0) is 0 Å². The van der Waals surface area contributed by atoms with Gasteiger partial charge in [0.1, 0.15) is 0 Å². The van der Waals surface area contributed by atoms with Crippen molar-refractivity contribution in [3.8, 4) is 11.3 Å². The number of benzene rings is 3. The van der Waals surface area contributed by atoms with Crippen LogP contribution in [0.4, 0.5) is 17.3 Å². The van der Waals surface area contributed by atoms with Gasteiger partial charge in [0.25, 0.3) is 5.95 Å². The lowest BCUT2D eigenvalue weighted by Crippen LogP contribution is -2.46. The topological polar surface area (TPSA) is 96.7 Å². The van der Waals surface area contributed by atoms with Crippen LogP contribution in [0.5, 0.6) is 0 Å². The smallest absolute Gasteiger partial charge is 0.253 e. The minimum atomic E-state index is -0.0840. The molecule has 0 atom stereocenters.